The van der Waals surface area contributed by atoms with Gasteiger partial charge in [-0.1, -0.05) is 12.1 Å². The van der Waals surface area contributed by atoms with E-state index in [1.54, 1.807) is 6.07 Å². The van der Waals surface area contributed by atoms with Crippen molar-refractivity contribution in [3.8, 4) is 5.75 Å². The Morgan fingerprint density at radius 3 is 2.80 bits per heavy atom. The highest BCUT2D eigenvalue weighted by atomic mass is 16.5. The number of hydrogen-bond acceptors (Lipinski definition) is 3. The van der Waals surface area contributed by atoms with Crippen LogP contribution < -0.4 is 21.9 Å². The summed E-state index contributed by atoms with van der Waals surface area (Å²) in [5.74, 6) is 0.471. The number of para-hydroxylation sites is 2. The molecule has 0 radical (unpaired) electrons. The van der Waals surface area contributed by atoms with Crippen molar-refractivity contribution < 1.29 is 9.47 Å². The zero-order valence-electron chi connectivity index (χ0n) is 11.2. The van der Waals surface area contributed by atoms with E-state index in [-0.39, 0.29) is 18.0 Å². The fraction of sp³-hybridized carbons (Fsp3) is 0.385. The first-order chi connectivity index (χ1) is 9.65. The van der Waals surface area contributed by atoms with E-state index in [2.05, 4.69) is 9.98 Å². The Bertz CT molecular complexity index is 505. The summed E-state index contributed by atoms with van der Waals surface area (Å²) in [5, 5.41) is 0. The lowest BCUT2D eigenvalue weighted by atomic mass is 10.2. The summed E-state index contributed by atoms with van der Waals surface area (Å²) in [5.41, 5.74) is 16.7. The van der Waals surface area contributed by atoms with Crippen LogP contribution in [0.2, 0.25) is 0 Å². The van der Waals surface area contributed by atoms with Crippen LogP contribution in [0.4, 0.5) is 5.69 Å². The molecule has 0 aliphatic carbocycles. The van der Waals surface area contributed by atoms with Crippen LogP contribution >= 0.6 is 0 Å². The first kappa shape index (κ1) is 14.1. The van der Waals surface area contributed by atoms with Crippen LogP contribution in [0.25, 0.3) is 0 Å². The number of hydrogen-bond donors (Lipinski definition) is 3. The summed E-state index contributed by atoms with van der Waals surface area (Å²) < 4.78 is 11.2. The summed E-state index contributed by atoms with van der Waals surface area (Å²) >= 11 is 0. The van der Waals surface area contributed by atoms with Crippen LogP contribution in [0.1, 0.15) is 12.8 Å². The molecule has 1 aliphatic heterocycles. The van der Waals surface area contributed by atoms with Gasteiger partial charge in [0.05, 0.1) is 6.10 Å². The second-order valence-electron chi connectivity index (χ2n) is 4.42. The van der Waals surface area contributed by atoms with Gasteiger partial charge in [-0.15, -0.1) is 0 Å². The van der Waals surface area contributed by atoms with Crippen LogP contribution in [0.15, 0.2) is 34.3 Å². The molecule has 0 bridgehead atoms. The monoisotopic (exact) mass is 277 g/mol. The molecule has 108 valence electrons. The molecule has 0 amide bonds. The van der Waals surface area contributed by atoms with Crippen molar-refractivity contribution in [3.05, 3.63) is 24.3 Å². The average Bonchev–Trinajstić information content (AvgIpc) is 2.90. The molecule has 1 atom stereocenters. The van der Waals surface area contributed by atoms with Gasteiger partial charge in [-0.05, 0) is 25.0 Å². The van der Waals surface area contributed by atoms with Crippen molar-refractivity contribution in [2.75, 3.05) is 13.2 Å². The largest absolute Gasteiger partial charge is 0.489 e. The molecular formula is C13H19N5O2. The van der Waals surface area contributed by atoms with Crippen molar-refractivity contribution in [2.45, 2.75) is 18.9 Å². The Morgan fingerprint density at radius 1 is 1.30 bits per heavy atom. The molecule has 0 aromatic heterocycles. The first-order valence-electron chi connectivity index (χ1n) is 6.42. The van der Waals surface area contributed by atoms with Gasteiger partial charge in [0, 0.05) is 6.61 Å². The predicted molar refractivity (Wildman–Crippen MR) is 78.0 cm³/mol. The maximum absolute atomic E-state index is 5.73. The lowest BCUT2D eigenvalue weighted by Gasteiger charge is -2.12. The summed E-state index contributed by atoms with van der Waals surface area (Å²) in [6.45, 7) is 1.29. The lowest BCUT2D eigenvalue weighted by molar-refractivity contribution is 0.0681. The van der Waals surface area contributed by atoms with Gasteiger partial charge < -0.3 is 26.7 Å². The molecule has 0 saturated carbocycles. The minimum absolute atomic E-state index is 0.0156. The van der Waals surface area contributed by atoms with Crippen molar-refractivity contribution in [1.29, 1.82) is 0 Å². The van der Waals surface area contributed by atoms with E-state index in [0.717, 1.165) is 19.4 Å². The molecule has 1 saturated heterocycles. The molecule has 6 N–H and O–H groups in total. The van der Waals surface area contributed by atoms with E-state index in [0.29, 0.717) is 18.0 Å². The zero-order valence-corrected chi connectivity index (χ0v) is 11.2. The van der Waals surface area contributed by atoms with Crippen molar-refractivity contribution in [1.82, 2.24) is 0 Å². The number of benzene rings is 1. The van der Waals surface area contributed by atoms with E-state index in [1.165, 1.54) is 0 Å². The third-order valence-corrected chi connectivity index (χ3v) is 2.79. The molecule has 1 heterocycles. The third kappa shape index (κ3) is 4.13. The molecule has 2 rings (SSSR count). The number of nitrogens with zero attached hydrogens (tertiary/aromatic N) is 2. The topological polar surface area (TPSA) is 121 Å². The molecule has 1 fully saturated rings. The SMILES string of the molecule is NC(N)=NC(N)=Nc1ccccc1OCC1CCCO1. The highest BCUT2D eigenvalue weighted by Crippen LogP contribution is 2.27. The van der Waals surface area contributed by atoms with Gasteiger partial charge >= 0.3 is 0 Å². The molecule has 0 spiro atoms. The third-order valence-electron chi connectivity index (χ3n) is 2.79. The molecule has 1 aromatic carbocycles. The maximum Gasteiger partial charge on any atom is 0.223 e. The van der Waals surface area contributed by atoms with Crippen LogP contribution in [-0.4, -0.2) is 31.2 Å². The van der Waals surface area contributed by atoms with Gasteiger partial charge in [-0.2, -0.15) is 4.99 Å². The maximum atomic E-state index is 5.73. The zero-order chi connectivity index (χ0) is 14.4. The molecule has 1 aromatic rings. The van der Waals surface area contributed by atoms with Gasteiger partial charge in [0.15, 0.2) is 5.96 Å². The van der Waals surface area contributed by atoms with Gasteiger partial charge in [0.2, 0.25) is 5.96 Å². The Hall–Kier alpha value is -2.28. The number of rotatable bonds is 4. The fourth-order valence-electron chi connectivity index (χ4n) is 1.91. The second kappa shape index (κ2) is 6.76. The van der Waals surface area contributed by atoms with Crippen molar-refractivity contribution in [2.24, 2.45) is 27.2 Å². The quantitative estimate of drug-likeness (QED) is 0.545. The first-order valence-corrected chi connectivity index (χ1v) is 6.42. The number of nitrogens with two attached hydrogens (primary N) is 3. The summed E-state index contributed by atoms with van der Waals surface area (Å²) in [6.07, 6.45) is 2.23. The van der Waals surface area contributed by atoms with E-state index >= 15 is 0 Å². The highest BCUT2D eigenvalue weighted by molar-refractivity contribution is 5.93. The van der Waals surface area contributed by atoms with E-state index in [9.17, 15) is 0 Å². The second-order valence-corrected chi connectivity index (χ2v) is 4.42. The van der Waals surface area contributed by atoms with Crippen LogP contribution in [-0.2, 0) is 4.74 Å². The standard InChI is InChI=1S/C13H19N5O2/c14-12(15)18-13(16)17-10-5-1-2-6-11(10)20-8-9-4-3-7-19-9/h1-2,5-6,9H,3-4,7-8H2,(H6,14,15,16,17,18). The van der Waals surface area contributed by atoms with Crippen molar-refractivity contribution in [3.63, 3.8) is 0 Å². The molecule has 7 nitrogen and oxygen atoms in total. The summed E-state index contributed by atoms with van der Waals surface area (Å²) in [6, 6.07) is 7.29. The Kier molecular flexibility index (Phi) is 4.78. The van der Waals surface area contributed by atoms with E-state index in [1.807, 2.05) is 18.2 Å². The summed E-state index contributed by atoms with van der Waals surface area (Å²) in [4.78, 5) is 7.80. The van der Waals surface area contributed by atoms with Gasteiger partial charge in [-0.25, -0.2) is 4.99 Å². The highest BCUT2D eigenvalue weighted by Gasteiger charge is 2.16. The lowest BCUT2D eigenvalue weighted by Crippen LogP contribution is -2.26. The van der Waals surface area contributed by atoms with Gasteiger partial charge in [0.1, 0.15) is 18.0 Å². The predicted octanol–water partition coefficient (Wildman–Crippen LogP) is 0.464. The molecule has 1 aliphatic rings. The molecular weight excluding hydrogens is 258 g/mol. The van der Waals surface area contributed by atoms with Crippen LogP contribution in [0.3, 0.4) is 0 Å². The van der Waals surface area contributed by atoms with E-state index < -0.39 is 0 Å². The number of aliphatic imine (C=N–C) groups is 2. The number of guanidine groups is 2. The normalized spacial score (nSPS) is 18.8. The Balaban J connectivity index is 2.07. The number of ether oxygens (including phenoxy) is 2. The average molecular weight is 277 g/mol. The minimum Gasteiger partial charge on any atom is -0.489 e. The van der Waals surface area contributed by atoms with Crippen LogP contribution in [0.5, 0.6) is 5.75 Å². The Morgan fingerprint density at radius 2 is 2.10 bits per heavy atom. The molecule has 20 heavy (non-hydrogen) atoms. The Labute approximate surface area is 117 Å². The fourth-order valence-corrected chi connectivity index (χ4v) is 1.91. The van der Waals surface area contributed by atoms with E-state index in [4.69, 9.17) is 26.7 Å². The molecule has 7 heteroatoms. The molecule has 1 unspecified atom stereocenters. The van der Waals surface area contributed by atoms with Crippen LogP contribution in [0, 0.1) is 0 Å². The minimum atomic E-state index is -0.135. The summed E-state index contributed by atoms with van der Waals surface area (Å²) in [7, 11) is 0. The smallest absolute Gasteiger partial charge is 0.223 e. The van der Waals surface area contributed by atoms with Crippen molar-refractivity contribution >= 4 is 17.6 Å². The van der Waals surface area contributed by atoms with Gasteiger partial charge in [0.25, 0.3) is 0 Å². The van der Waals surface area contributed by atoms with Gasteiger partial charge in [-0.3, -0.25) is 0 Å².